The first-order valence-corrected chi connectivity index (χ1v) is 16.9. The first-order valence-electron chi connectivity index (χ1n) is 16.9. The Balaban J connectivity index is 5.00. The predicted molar refractivity (Wildman–Crippen MR) is 165 cm³/mol. The zero-order chi connectivity index (χ0) is 29.2. The lowest BCUT2D eigenvalue weighted by Gasteiger charge is -2.48. The van der Waals surface area contributed by atoms with E-state index in [4.69, 9.17) is 14.2 Å². The molecule has 0 fully saturated rings. The molecule has 39 heavy (non-hydrogen) atoms. The monoisotopic (exact) mass is 560 g/mol. The van der Waals surface area contributed by atoms with Gasteiger partial charge < -0.3 is 24.4 Å². The molecular formula is C33H69NO5. The van der Waals surface area contributed by atoms with Crippen LogP contribution in [0.15, 0.2) is 0 Å². The van der Waals surface area contributed by atoms with Gasteiger partial charge in [0.1, 0.15) is 6.10 Å². The van der Waals surface area contributed by atoms with Crippen molar-refractivity contribution in [3.63, 3.8) is 0 Å². The van der Waals surface area contributed by atoms with Crippen molar-refractivity contribution in [2.45, 2.75) is 181 Å². The maximum Gasteiger partial charge on any atom is 0.257 e. The molecular weight excluding hydrogens is 490 g/mol. The van der Waals surface area contributed by atoms with E-state index in [9.17, 15) is 10.2 Å². The van der Waals surface area contributed by atoms with Crippen LogP contribution in [0.1, 0.15) is 157 Å². The van der Waals surface area contributed by atoms with E-state index in [1.165, 1.54) is 83.5 Å². The number of ether oxygens (including phenoxy) is 3. The van der Waals surface area contributed by atoms with Gasteiger partial charge in [-0.2, -0.15) is 0 Å². The highest BCUT2D eigenvalue weighted by molar-refractivity contribution is 4.85. The maximum atomic E-state index is 10.3. The fourth-order valence-corrected chi connectivity index (χ4v) is 5.23. The minimum Gasteiger partial charge on any atom is -0.392 e. The summed E-state index contributed by atoms with van der Waals surface area (Å²) in [5, 5.41) is 20.7. The standard InChI is InChI=1S/C33H69NO5/c1-7-11-12-13-14-15-16-17-18-19-20-21-22-23-24-32(37-25-8-2)33(38-26-9-3,39-27-10-4)34(28-30(5)35)29-31(6)36/h30-32,35-36H,7-29H2,1-6H3. The van der Waals surface area contributed by atoms with Crippen LogP contribution in [0.2, 0.25) is 0 Å². The average molecular weight is 560 g/mol. The minimum atomic E-state index is -1.12. The molecule has 0 heterocycles. The van der Waals surface area contributed by atoms with Crippen LogP contribution in [0.4, 0.5) is 0 Å². The number of hydrogen-bond donors (Lipinski definition) is 2. The lowest BCUT2D eigenvalue weighted by Crippen LogP contribution is -2.64. The van der Waals surface area contributed by atoms with Crippen LogP contribution in [-0.4, -0.2) is 72.2 Å². The molecule has 0 aliphatic carbocycles. The molecule has 0 radical (unpaired) electrons. The quantitative estimate of drug-likeness (QED) is 0.0682. The van der Waals surface area contributed by atoms with Gasteiger partial charge in [0.15, 0.2) is 0 Å². The Morgan fingerprint density at radius 2 is 0.923 bits per heavy atom. The predicted octanol–water partition coefficient (Wildman–Crippen LogP) is 8.22. The third kappa shape index (κ3) is 19.5. The summed E-state index contributed by atoms with van der Waals surface area (Å²) in [4.78, 5) is 1.98. The molecule has 0 amide bonds. The second-order valence-corrected chi connectivity index (χ2v) is 11.7. The Morgan fingerprint density at radius 3 is 1.28 bits per heavy atom. The van der Waals surface area contributed by atoms with E-state index in [1.807, 2.05) is 4.90 Å². The summed E-state index contributed by atoms with van der Waals surface area (Å²) in [5.41, 5.74) is 0. The van der Waals surface area contributed by atoms with Crippen LogP contribution in [0, 0.1) is 0 Å². The number of unbranched alkanes of at least 4 members (excludes halogenated alkanes) is 13. The van der Waals surface area contributed by atoms with E-state index in [-0.39, 0.29) is 6.10 Å². The van der Waals surface area contributed by atoms with Crippen LogP contribution in [0.3, 0.4) is 0 Å². The molecule has 6 nitrogen and oxygen atoms in total. The van der Waals surface area contributed by atoms with Crippen molar-refractivity contribution in [1.82, 2.24) is 4.90 Å². The van der Waals surface area contributed by atoms with Crippen molar-refractivity contribution in [3.8, 4) is 0 Å². The summed E-state index contributed by atoms with van der Waals surface area (Å²) >= 11 is 0. The van der Waals surface area contributed by atoms with Crippen LogP contribution in [-0.2, 0) is 14.2 Å². The van der Waals surface area contributed by atoms with Crippen molar-refractivity contribution in [3.05, 3.63) is 0 Å². The highest BCUT2D eigenvalue weighted by Crippen LogP contribution is 2.31. The molecule has 6 heteroatoms. The van der Waals surface area contributed by atoms with Crippen molar-refractivity contribution in [1.29, 1.82) is 0 Å². The Kier molecular flexibility index (Phi) is 26.5. The third-order valence-electron chi connectivity index (χ3n) is 7.19. The summed E-state index contributed by atoms with van der Waals surface area (Å²) in [6, 6.07) is 0. The highest BCUT2D eigenvalue weighted by atomic mass is 16.7. The van der Waals surface area contributed by atoms with Gasteiger partial charge in [-0.15, -0.1) is 0 Å². The number of aliphatic hydroxyl groups is 2. The number of nitrogens with zero attached hydrogens (tertiary/aromatic N) is 1. The van der Waals surface area contributed by atoms with Crippen molar-refractivity contribution < 1.29 is 24.4 Å². The molecule has 0 aliphatic heterocycles. The van der Waals surface area contributed by atoms with Crippen LogP contribution >= 0.6 is 0 Å². The molecule has 0 rings (SSSR count). The molecule has 2 N–H and O–H groups in total. The summed E-state index contributed by atoms with van der Waals surface area (Å²) < 4.78 is 19.5. The van der Waals surface area contributed by atoms with E-state index in [2.05, 4.69) is 27.7 Å². The van der Waals surface area contributed by atoms with E-state index >= 15 is 0 Å². The number of hydrogen-bond acceptors (Lipinski definition) is 6. The Bertz CT molecular complexity index is 484. The third-order valence-corrected chi connectivity index (χ3v) is 7.19. The van der Waals surface area contributed by atoms with Crippen LogP contribution < -0.4 is 0 Å². The number of aliphatic hydroxyl groups excluding tert-OH is 2. The molecule has 0 aromatic heterocycles. The van der Waals surface area contributed by atoms with E-state index < -0.39 is 18.1 Å². The van der Waals surface area contributed by atoms with Gasteiger partial charge in [-0.25, -0.2) is 4.90 Å². The van der Waals surface area contributed by atoms with Crippen molar-refractivity contribution in [2.75, 3.05) is 32.9 Å². The van der Waals surface area contributed by atoms with E-state index in [0.717, 1.165) is 32.1 Å². The molecule has 236 valence electrons. The molecule has 0 bridgehead atoms. The van der Waals surface area contributed by atoms with Gasteiger partial charge in [-0.3, -0.25) is 0 Å². The van der Waals surface area contributed by atoms with Gasteiger partial charge in [-0.1, -0.05) is 118 Å². The Morgan fingerprint density at radius 1 is 0.538 bits per heavy atom. The first-order chi connectivity index (χ1) is 18.9. The van der Waals surface area contributed by atoms with Gasteiger partial charge in [0.25, 0.3) is 5.91 Å². The maximum absolute atomic E-state index is 10.3. The molecule has 0 saturated carbocycles. The fourth-order valence-electron chi connectivity index (χ4n) is 5.23. The van der Waals surface area contributed by atoms with Gasteiger partial charge >= 0.3 is 0 Å². The summed E-state index contributed by atoms with van der Waals surface area (Å²) in [7, 11) is 0. The summed E-state index contributed by atoms with van der Waals surface area (Å²) in [5.74, 6) is -1.12. The zero-order valence-corrected chi connectivity index (χ0v) is 27.1. The minimum absolute atomic E-state index is 0.287. The van der Waals surface area contributed by atoms with Crippen molar-refractivity contribution >= 4 is 0 Å². The SMILES string of the molecule is CCCCCCCCCCCCCCCCC(OCCC)C(OCCC)(OCCC)N(CC(C)O)CC(C)O. The second kappa shape index (κ2) is 26.6. The lowest BCUT2D eigenvalue weighted by atomic mass is 10.0. The molecule has 3 unspecified atom stereocenters. The Hall–Kier alpha value is -0.240. The molecule has 0 spiro atoms. The first kappa shape index (κ1) is 38.8. The second-order valence-electron chi connectivity index (χ2n) is 11.7. The molecule has 3 atom stereocenters. The smallest absolute Gasteiger partial charge is 0.257 e. The van der Waals surface area contributed by atoms with Crippen molar-refractivity contribution in [2.24, 2.45) is 0 Å². The molecule has 0 aromatic rings. The zero-order valence-electron chi connectivity index (χ0n) is 27.1. The van der Waals surface area contributed by atoms with Crippen LogP contribution in [0.5, 0.6) is 0 Å². The van der Waals surface area contributed by atoms with Crippen LogP contribution in [0.25, 0.3) is 0 Å². The molecule has 0 aromatic carbocycles. The Labute approximate surface area is 243 Å². The van der Waals surface area contributed by atoms with Gasteiger partial charge in [0.05, 0.1) is 25.4 Å². The lowest BCUT2D eigenvalue weighted by molar-refractivity contribution is -0.367. The summed E-state index contributed by atoms with van der Waals surface area (Å²) in [6.45, 7) is 14.5. The molecule has 0 aliphatic rings. The van der Waals surface area contributed by atoms with Gasteiger partial charge in [0.2, 0.25) is 0 Å². The average Bonchev–Trinajstić information content (AvgIpc) is 2.90. The number of rotatable bonds is 30. The van der Waals surface area contributed by atoms with Gasteiger partial charge in [0, 0.05) is 19.7 Å². The largest absolute Gasteiger partial charge is 0.392 e. The highest BCUT2D eigenvalue weighted by Gasteiger charge is 2.48. The van der Waals surface area contributed by atoms with E-state index in [1.54, 1.807) is 13.8 Å². The summed E-state index contributed by atoms with van der Waals surface area (Å²) in [6.07, 6.45) is 20.7. The van der Waals surface area contributed by atoms with E-state index in [0.29, 0.717) is 32.9 Å². The fraction of sp³-hybridized carbons (Fsp3) is 1.00. The topological polar surface area (TPSA) is 71.4 Å². The van der Waals surface area contributed by atoms with Gasteiger partial charge in [-0.05, 0) is 39.5 Å². The normalized spacial score (nSPS) is 14.7. The molecule has 0 saturated heterocycles.